The van der Waals surface area contributed by atoms with Crippen LogP contribution in [0.2, 0.25) is 0 Å². The molecule has 4 heteroatoms. The molecule has 0 aliphatic carbocycles. The van der Waals surface area contributed by atoms with E-state index in [9.17, 15) is 4.79 Å². The summed E-state index contributed by atoms with van der Waals surface area (Å²) >= 11 is 0. The van der Waals surface area contributed by atoms with E-state index in [-0.39, 0.29) is 5.41 Å². The molecule has 0 heterocycles. The lowest BCUT2D eigenvalue weighted by Gasteiger charge is -2.44. The summed E-state index contributed by atoms with van der Waals surface area (Å²) < 4.78 is 5.29. The second kappa shape index (κ2) is 4.82. The fourth-order valence-electron chi connectivity index (χ4n) is 1.81. The lowest BCUT2D eigenvalue weighted by Crippen LogP contribution is -2.62. The molecule has 0 bridgehead atoms. The summed E-state index contributed by atoms with van der Waals surface area (Å²) in [6.07, 6.45) is 0.540. The van der Waals surface area contributed by atoms with Crippen LogP contribution in [0.4, 0.5) is 0 Å². The van der Waals surface area contributed by atoms with E-state index >= 15 is 0 Å². The maximum atomic E-state index is 12.4. The van der Waals surface area contributed by atoms with E-state index in [1.807, 2.05) is 20.8 Å². The van der Waals surface area contributed by atoms with Crippen molar-refractivity contribution in [1.82, 2.24) is 0 Å². The van der Waals surface area contributed by atoms with Crippen molar-refractivity contribution in [1.29, 1.82) is 0 Å². The van der Waals surface area contributed by atoms with Gasteiger partial charge in [-0.05, 0) is 31.1 Å². The van der Waals surface area contributed by atoms with Crippen molar-refractivity contribution in [3.63, 3.8) is 0 Å². The van der Waals surface area contributed by atoms with Crippen molar-refractivity contribution < 1.29 is 9.53 Å². The molecule has 0 aliphatic rings. The van der Waals surface area contributed by atoms with Crippen molar-refractivity contribution in [3.8, 4) is 0 Å². The van der Waals surface area contributed by atoms with E-state index in [1.54, 1.807) is 13.8 Å². The summed E-state index contributed by atoms with van der Waals surface area (Å²) in [6.45, 7) is 15.3. The third kappa shape index (κ3) is 4.94. The van der Waals surface area contributed by atoms with Crippen LogP contribution in [0.15, 0.2) is 0 Å². The van der Waals surface area contributed by atoms with Gasteiger partial charge in [-0.3, -0.25) is 5.73 Å². The predicted molar refractivity (Wildman–Crippen MR) is 74.8 cm³/mol. The third-order valence-corrected chi connectivity index (χ3v) is 2.87. The minimum atomic E-state index is -1.05. The zero-order chi connectivity index (χ0) is 15.0. The number of rotatable bonds is 3. The van der Waals surface area contributed by atoms with Gasteiger partial charge in [0.2, 0.25) is 0 Å². The highest BCUT2D eigenvalue weighted by molar-refractivity contribution is 5.82. The first kappa shape index (κ1) is 17.4. The first-order valence-electron chi connectivity index (χ1n) is 6.40. The molecule has 0 rings (SSSR count). The van der Waals surface area contributed by atoms with Crippen LogP contribution in [0.3, 0.4) is 0 Å². The molecule has 108 valence electrons. The van der Waals surface area contributed by atoms with Gasteiger partial charge in [-0.2, -0.15) is 0 Å². The summed E-state index contributed by atoms with van der Waals surface area (Å²) in [5.41, 5.74) is 9.59. The molecule has 4 nitrogen and oxygen atoms in total. The quantitative estimate of drug-likeness (QED) is 0.602. The summed E-state index contributed by atoms with van der Waals surface area (Å²) in [5.74, 6) is -0.433. The topological polar surface area (TPSA) is 78.3 Å². The van der Waals surface area contributed by atoms with Gasteiger partial charge >= 0.3 is 5.97 Å². The number of esters is 1. The molecule has 4 N–H and O–H groups in total. The Kier molecular flexibility index (Phi) is 4.65. The van der Waals surface area contributed by atoms with E-state index < -0.39 is 22.6 Å². The number of hydrogen-bond donors (Lipinski definition) is 2. The van der Waals surface area contributed by atoms with E-state index in [0.717, 1.165) is 0 Å². The Morgan fingerprint density at radius 2 is 1.33 bits per heavy atom. The number of ether oxygens (including phenoxy) is 1. The van der Waals surface area contributed by atoms with Gasteiger partial charge in [-0.25, -0.2) is 4.79 Å². The van der Waals surface area contributed by atoms with Gasteiger partial charge < -0.3 is 10.5 Å². The lowest BCUT2D eigenvalue weighted by atomic mass is 9.66. The van der Waals surface area contributed by atoms with E-state index in [2.05, 4.69) is 20.8 Å². The van der Waals surface area contributed by atoms with Gasteiger partial charge in [0.1, 0.15) is 5.54 Å². The highest BCUT2D eigenvalue weighted by Crippen LogP contribution is 2.39. The van der Waals surface area contributed by atoms with Crippen LogP contribution in [-0.2, 0) is 9.53 Å². The Labute approximate surface area is 111 Å². The molecule has 0 fully saturated rings. The summed E-state index contributed by atoms with van der Waals surface area (Å²) in [5, 5.41) is 0. The molecular weight excluding hydrogens is 228 g/mol. The molecule has 18 heavy (non-hydrogen) atoms. The van der Waals surface area contributed by atoms with Crippen LogP contribution in [0.5, 0.6) is 0 Å². The van der Waals surface area contributed by atoms with Gasteiger partial charge in [0.25, 0.3) is 0 Å². The largest absolute Gasteiger partial charge is 0.443 e. The molecule has 0 aromatic rings. The number of carbonyl (C=O) groups excluding carboxylic acids is 1. The van der Waals surface area contributed by atoms with Crippen molar-refractivity contribution >= 4 is 5.97 Å². The van der Waals surface area contributed by atoms with Gasteiger partial charge in [-0.15, -0.1) is 0 Å². The molecule has 0 aromatic carbocycles. The fourth-order valence-corrected chi connectivity index (χ4v) is 1.81. The zero-order valence-electron chi connectivity index (χ0n) is 13.2. The van der Waals surface area contributed by atoms with Crippen molar-refractivity contribution in [2.75, 3.05) is 0 Å². The second-order valence-electron chi connectivity index (χ2n) is 7.95. The SMILES string of the molecule is CC(C)(C)CC(N)(C(=O)OC(C)(C)N)C(C)(C)C. The van der Waals surface area contributed by atoms with E-state index in [1.165, 1.54) is 0 Å². The number of carbonyl (C=O) groups is 1. The zero-order valence-corrected chi connectivity index (χ0v) is 13.2. The van der Waals surface area contributed by atoms with Crippen LogP contribution >= 0.6 is 0 Å². The molecule has 0 amide bonds. The summed E-state index contributed by atoms with van der Waals surface area (Å²) in [4.78, 5) is 12.4. The van der Waals surface area contributed by atoms with Crippen LogP contribution < -0.4 is 11.5 Å². The predicted octanol–water partition coefficient (Wildman–Crippen LogP) is 2.40. The second-order valence-corrected chi connectivity index (χ2v) is 7.95. The number of nitrogens with two attached hydrogens (primary N) is 2. The van der Waals surface area contributed by atoms with Gasteiger partial charge in [-0.1, -0.05) is 41.5 Å². The fraction of sp³-hybridized carbons (Fsp3) is 0.929. The minimum Gasteiger partial charge on any atom is -0.443 e. The molecule has 0 saturated carbocycles. The molecule has 0 radical (unpaired) electrons. The van der Waals surface area contributed by atoms with Crippen molar-refractivity contribution in [2.24, 2.45) is 22.3 Å². The molecule has 1 atom stereocenters. The normalized spacial score (nSPS) is 17.2. The maximum Gasteiger partial charge on any atom is 0.328 e. The van der Waals surface area contributed by atoms with E-state index in [0.29, 0.717) is 6.42 Å². The molecule has 0 saturated heterocycles. The van der Waals surface area contributed by atoms with Crippen molar-refractivity contribution in [2.45, 2.75) is 73.1 Å². The summed E-state index contributed by atoms with van der Waals surface area (Å²) in [7, 11) is 0. The van der Waals surface area contributed by atoms with Crippen LogP contribution in [-0.4, -0.2) is 17.2 Å². The molecule has 0 aromatic heterocycles. The van der Waals surface area contributed by atoms with Crippen molar-refractivity contribution in [3.05, 3.63) is 0 Å². The first-order chi connectivity index (χ1) is 7.58. The number of hydrogen-bond acceptors (Lipinski definition) is 4. The van der Waals surface area contributed by atoms with Gasteiger partial charge in [0.05, 0.1) is 0 Å². The molecular formula is C14H30N2O2. The average Bonchev–Trinajstić information content (AvgIpc) is 1.94. The van der Waals surface area contributed by atoms with Crippen LogP contribution in [0.1, 0.15) is 61.8 Å². The third-order valence-electron chi connectivity index (χ3n) is 2.87. The average molecular weight is 258 g/mol. The Balaban J connectivity index is 5.31. The van der Waals surface area contributed by atoms with Gasteiger partial charge in [0, 0.05) is 0 Å². The van der Waals surface area contributed by atoms with Crippen LogP contribution in [0.25, 0.3) is 0 Å². The monoisotopic (exact) mass is 258 g/mol. The minimum absolute atomic E-state index is 0.0697. The summed E-state index contributed by atoms with van der Waals surface area (Å²) in [6, 6.07) is 0. The smallest absolute Gasteiger partial charge is 0.328 e. The highest BCUT2D eigenvalue weighted by atomic mass is 16.6. The molecule has 0 aliphatic heterocycles. The highest BCUT2D eigenvalue weighted by Gasteiger charge is 2.49. The molecule has 0 spiro atoms. The Bertz CT molecular complexity index is 305. The maximum absolute atomic E-state index is 12.4. The Morgan fingerprint density at radius 1 is 0.944 bits per heavy atom. The Morgan fingerprint density at radius 3 is 1.56 bits per heavy atom. The molecule has 1 unspecified atom stereocenters. The Hall–Kier alpha value is -0.610. The first-order valence-corrected chi connectivity index (χ1v) is 6.40. The lowest BCUT2D eigenvalue weighted by molar-refractivity contribution is -0.169. The standard InChI is InChI=1S/C14H30N2O2/c1-11(2,3)9-14(16,12(4,5)6)10(17)18-13(7,8)15/h9,15-16H2,1-8H3. The van der Waals surface area contributed by atoms with Crippen LogP contribution in [0, 0.1) is 10.8 Å². The van der Waals surface area contributed by atoms with E-state index in [4.69, 9.17) is 16.2 Å². The van der Waals surface area contributed by atoms with Gasteiger partial charge in [0.15, 0.2) is 5.72 Å².